The van der Waals surface area contributed by atoms with Crippen LogP contribution >= 0.6 is 0 Å². The van der Waals surface area contributed by atoms with Crippen molar-refractivity contribution in [2.75, 3.05) is 7.11 Å². The third-order valence-electron chi connectivity index (χ3n) is 3.06. The SMILES string of the molecule is COC(C)(O)c1[nH]cc2c1CCCC2. The first-order valence-corrected chi connectivity index (χ1v) is 5.12. The number of aromatic amines is 1. The Balaban J connectivity index is 2.39. The van der Waals surface area contributed by atoms with Crippen molar-refractivity contribution >= 4 is 0 Å². The number of aliphatic hydroxyl groups is 1. The molecule has 2 rings (SSSR count). The Morgan fingerprint density at radius 3 is 2.86 bits per heavy atom. The highest BCUT2D eigenvalue weighted by atomic mass is 16.6. The second kappa shape index (κ2) is 3.41. The molecule has 1 aromatic rings. The zero-order valence-electron chi connectivity index (χ0n) is 8.76. The summed E-state index contributed by atoms with van der Waals surface area (Å²) in [5.74, 6) is -1.18. The molecule has 1 unspecified atom stereocenters. The number of fused-ring (bicyclic) bond motifs is 1. The minimum Gasteiger partial charge on any atom is -0.361 e. The highest BCUT2D eigenvalue weighted by Crippen LogP contribution is 2.31. The number of methoxy groups -OCH3 is 1. The fourth-order valence-electron chi connectivity index (χ4n) is 2.14. The van der Waals surface area contributed by atoms with Gasteiger partial charge >= 0.3 is 0 Å². The Morgan fingerprint density at radius 2 is 2.14 bits per heavy atom. The molecular formula is C11H17NO2. The summed E-state index contributed by atoms with van der Waals surface area (Å²) in [7, 11) is 1.52. The van der Waals surface area contributed by atoms with Crippen LogP contribution in [0.5, 0.6) is 0 Å². The zero-order valence-corrected chi connectivity index (χ0v) is 8.76. The first kappa shape index (κ1) is 9.74. The lowest BCUT2D eigenvalue weighted by Gasteiger charge is -2.23. The summed E-state index contributed by atoms with van der Waals surface area (Å²) in [5, 5.41) is 9.99. The van der Waals surface area contributed by atoms with Gasteiger partial charge < -0.3 is 14.8 Å². The molecule has 2 N–H and O–H groups in total. The summed E-state index contributed by atoms with van der Waals surface area (Å²) in [6.45, 7) is 1.67. The van der Waals surface area contributed by atoms with E-state index in [2.05, 4.69) is 4.98 Å². The Kier molecular flexibility index (Phi) is 2.37. The molecule has 0 aromatic carbocycles. The first-order chi connectivity index (χ1) is 6.65. The van der Waals surface area contributed by atoms with Gasteiger partial charge in [-0.15, -0.1) is 0 Å². The number of H-pyrrole nitrogens is 1. The Bertz CT molecular complexity index is 328. The molecule has 0 bridgehead atoms. The smallest absolute Gasteiger partial charge is 0.204 e. The molecule has 0 spiro atoms. The summed E-state index contributed by atoms with van der Waals surface area (Å²) in [5.41, 5.74) is 3.42. The minimum atomic E-state index is -1.18. The van der Waals surface area contributed by atoms with Crippen molar-refractivity contribution in [2.24, 2.45) is 0 Å². The molecule has 0 saturated carbocycles. The maximum absolute atomic E-state index is 9.99. The van der Waals surface area contributed by atoms with Crippen LogP contribution in [-0.2, 0) is 23.4 Å². The zero-order chi connectivity index (χ0) is 10.2. The molecule has 3 nitrogen and oxygen atoms in total. The average molecular weight is 195 g/mol. The molecule has 1 heterocycles. The van der Waals surface area contributed by atoms with E-state index < -0.39 is 5.79 Å². The lowest BCUT2D eigenvalue weighted by atomic mass is 9.92. The number of aryl methyl sites for hydroxylation is 1. The molecule has 1 aromatic heterocycles. The van der Waals surface area contributed by atoms with Crippen LogP contribution in [0.3, 0.4) is 0 Å². The Hall–Kier alpha value is -0.800. The van der Waals surface area contributed by atoms with Gasteiger partial charge in [-0.05, 0) is 43.7 Å². The summed E-state index contributed by atoms with van der Waals surface area (Å²) in [4.78, 5) is 3.13. The standard InChI is InChI=1S/C11H17NO2/c1-11(13,14-2)10-9-6-4-3-5-8(9)7-12-10/h7,12-13H,3-6H2,1-2H3. The molecule has 14 heavy (non-hydrogen) atoms. The maximum Gasteiger partial charge on any atom is 0.204 e. The van der Waals surface area contributed by atoms with Crippen molar-refractivity contribution in [3.05, 3.63) is 23.0 Å². The molecule has 1 aliphatic carbocycles. The molecule has 0 fully saturated rings. The van der Waals surface area contributed by atoms with Crippen LogP contribution in [-0.4, -0.2) is 17.2 Å². The topological polar surface area (TPSA) is 45.2 Å². The predicted octanol–water partition coefficient (Wildman–Crippen LogP) is 1.70. The molecular weight excluding hydrogens is 178 g/mol. The van der Waals surface area contributed by atoms with Crippen LogP contribution in [0, 0.1) is 0 Å². The van der Waals surface area contributed by atoms with Crippen LogP contribution in [0.1, 0.15) is 36.6 Å². The van der Waals surface area contributed by atoms with Crippen molar-refractivity contribution in [1.82, 2.24) is 4.98 Å². The van der Waals surface area contributed by atoms with Crippen LogP contribution in [0.15, 0.2) is 6.20 Å². The molecule has 0 radical (unpaired) electrons. The molecule has 3 heteroatoms. The quantitative estimate of drug-likeness (QED) is 0.705. The lowest BCUT2D eigenvalue weighted by molar-refractivity contribution is -0.182. The minimum absolute atomic E-state index is 0.828. The normalized spacial score (nSPS) is 20.2. The van der Waals surface area contributed by atoms with E-state index in [1.165, 1.54) is 31.1 Å². The predicted molar refractivity (Wildman–Crippen MR) is 54.0 cm³/mol. The van der Waals surface area contributed by atoms with Gasteiger partial charge in [-0.3, -0.25) is 0 Å². The number of aromatic nitrogens is 1. The number of rotatable bonds is 2. The van der Waals surface area contributed by atoms with Crippen molar-refractivity contribution in [1.29, 1.82) is 0 Å². The first-order valence-electron chi connectivity index (χ1n) is 5.12. The number of hydrogen-bond acceptors (Lipinski definition) is 2. The van der Waals surface area contributed by atoms with E-state index in [4.69, 9.17) is 4.74 Å². The summed E-state index contributed by atoms with van der Waals surface area (Å²) < 4.78 is 5.07. The molecule has 0 aliphatic heterocycles. The lowest BCUT2D eigenvalue weighted by Crippen LogP contribution is -2.25. The van der Waals surface area contributed by atoms with Crippen LogP contribution < -0.4 is 0 Å². The van der Waals surface area contributed by atoms with Gasteiger partial charge in [-0.1, -0.05) is 0 Å². The van der Waals surface area contributed by atoms with Gasteiger partial charge in [0.2, 0.25) is 5.79 Å². The van der Waals surface area contributed by atoms with E-state index in [9.17, 15) is 5.11 Å². The molecule has 1 aliphatic rings. The van der Waals surface area contributed by atoms with Gasteiger partial charge in [0.25, 0.3) is 0 Å². The van der Waals surface area contributed by atoms with E-state index >= 15 is 0 Å². The van der Waals surface area contributed by atoms with E-state index in [0.717, 1.165) is 18.5 Å². The highest BCUT2D eigenvalue weighted by Gasteiger charge is 2.29. The van der Waals surface area contributed by atoms with Crippen LogP contribution in [0.4, 0.5) is 0 Å². The van der Waals surface area contributed by atoms with Crippen molar-refractivity contribution in [3.8, 4) is 0 Å². The van der Waals surface area contributed by atoms with Gasteiger partial charge in [0.05, 0.1) is 5.69 Å². The maximum atomic E-state index is 9.99. The molecule has 78 valence electrons. The van der Waals surface area contributed by atoms with Gasteiger partial charge in [0, 0.05) is 13.3 Å². The van der Waals surface area contributed by atoms with Crippen molar-refractivity contribution in [2.45, 2.75) is 38.4 Å². The van der Waals surface area contributed by atoms with Gasteiger partial charge in [0.15, 0.2) is 0 Å². The number of hydrogen-bond donors (Lipinski definition) is 2. The number of nitrogens with one attached hydrogen (secondary N) is 1. The average Bonchev–Trinajstić information content (AvgIpc) is 2.61. The van der Waals surface area contributed by atoms with Crippen molar-refractivity contribution in [3.63, 3.8) is 0 Å². The second-order valence-corrected chi connectivity index (χ2v) is 4.06. The van der Waals surface area contributed by atoms with Crippen molar-refractivity contribution < 1.29 is 9.84 Å². The highest BCUT2D eigenvalue weighted by molar-refractivity contribution is 5.35. The monoisotopic (exact) mass is 195 g/mol. The molecule has 0 amide bonds. The number of ether oxygens (including phenoxy) is 1. The third-order valence-corrected chi connectivity index (χ3v) is 3.06. The fourth-order valence-corrected chi connectivity index (χ4v) is 2.14. The summed E-state index contributed by atoms with van der Waals surface area (Å²) >= 11 is 0. The van der Waals surface area contributed by atoms with Gasteiger partial charge in [0.1, 0.15) is 0 Å². The second-order valence-electron chi connectivity index (χ2n) is 4.06. The van der Waals surface area contributed by atoms with E-state index in [1.807, 2.05) is 6.20 Å². The molecule has 1 atom stereocenters. The van der Waals surface area contributed by atoms with Gasteiger partial charge in [-0.25, -0.2) is 0 Å². The summed E-state index contributed by atoms with van der Waals surface area (Å²) in [6, 6.07) is 0. The molecule has 0 saturated heterocycles. The third kappa shape index (κ3) is 1.47. The van der Waals surface area contributed by atoms with Crippen LogP contribution in [0.2, 0.25) is 0 Å². The Labute approximate surface area is 84.1 Å². The van der Waals surface area contributed by atoms with E-state index in [1.54, 1.807) is 6.92 Å². The van der Waals surface area contributed by atoms with Crippen LogP contribution in [0.25, 0.3) is 0 Å². The Morgan fingerprint density at radius 1 is 1.43 bits per heavy atom. The largest absolute Gasteiger partial charge is 0.361 e. The fraction of sp³-hybridized carbons (Fsp3) is 0.636. The van der Waals surface area contributed by atoms with E-state index in [0.29, 0.717) is 0 Å². The summed E-state index contributed by atoms with van der Waals surface area (Å²) in [6.07, 6.45) is 6.62. The van der Waals surface area contributed by atoms with Gasteiger partial charge in [-0.2, -0.15) is 0 Å². The van der Waals surface area contributed by atoms with E-state index in [-0.39, 0.29) is 0 Å².